The number of amides is 1. The van der Waals surface area contributed by atoms with E-state index in [-0.39, 0.29) is 12.6 Å². The molecule has 1 aliphatic heterocycles. The molecule has 4 N–H and O–H groups in total. The Morgan fingerprint density at radius 1 is 1.23 bits per heavy atom. The predicted octanol–water partition coefficient (Wildman–Crippen LogP) is 1.72. The summed E-state index contributed by atoms with van der Waals surface area (Å²) >= 11 is 0. The Morgan fingerprint density at radius 2 is 2.06 bits per heavy atom. The molecule has 0 radical (unpaired) electrons. The number of nitrogens with zero attached hydrogens (tertiary/aromatic N) is 6. The summed E-state index contributed by atoms with van der Waals surface area (Å²) in [5, 5.41) is 12.9. The van der Waals surface area contributed by atoms with E-state index in [4.69, 9.17) is 10.7 Å². The van der Waals surface area contributed by atoms with Gasteiger partial charge < -0.3 is 25.6 Å². The van der Waals surface area contributed by atoms with Crippen molar-refractivity contribution in [2.45, 2.75) is 18.9 Å². The van der Waals surface area contributed by atoms with Gasteiger partial charge in [-0.1, -0.05) is 0 Å². The van der Waals surface area contributed by atoms with Crippen LogP contribution in [0, 0.1) is 0 Å². The van der Waals surface area contributed by atoms with Crippen LogP contribution in [0.2, 0.25) is 0 Å². The molecule has 31 heavy (non-hydrogen) atoms. The zero-order valence-corrected chi connectivity index (χ0v) is 16.7. The van der Waals surface area contributed by atoms with Crippen LogP contribution in [-0.4, -0.2) is 54.1 Å². The fourth-order valence-electron chi connectivity index (χ4n) is 3.86. The van der Waals surface area contributed by atoms with E-state index in [2.05, 4.69) is 20.2 Å². The van der Waals surface area contributed by atoms with Crippen LogP contribution in [-0.2, 0) is 0 Å². The lowest BCUT2D eigenvalue weighted by atomic mass is 10.2. The summed E-state index contributed by atoms with van der Waals surface area (Å²) in [6.07, 6.45) is 7.33. The molecule has 0 spiro atoms. The fraction of sp³-hybridized carbons (Fsp3) is 0.238. The molecule has 1 atom stereocenters. The second kappa shape index (κ2) is 7.73. The van der Waals surface area contributed by atoms with E-state index in [9.17, 15) is 9.90 Å². The Morgan fingerprint density at radius 3 is 2.84 bits per heavy atom. The number of hydrogen-bond donors (Lipinski definition) is 3. The van der Waals surface area contributed by atoms with Gasteiger partial charge in [0.25, 0.3) is 0 Å². The van der Waals surface area contributed by atoms with Gasteiger partial charge in [-0.3, -0.25) is 9.20 Å². The van der Waals surface area contributed by atoms with E-state index in [1.807, 2.05) is 33.5 Å². The lowest BCUT2D eigenvalue weighted by molar-refractivity contribution is 0.100. The van der Waals surface area contributed by atoms with Gasteiger partial charge in [-0.05, 0) is 49.2 Å². The lowest BCUT2D eigenvalue weighted by Crippen LogP contribution is -2.33. The zero-order valence-electron chi connectivity index (χ0n) is 16.7. The van der Waals surface area contributed by atoms with Crippen molar-refractivity contribution in [1.29, 1.82) is 0 Å². The van der Waals surface area contributed by atoms with Crippen LogP contribution in [0.4, 0.5) is 17.7 Å². The Labute approximate surface area is 178 Å². The van der Waals surface area contributed by atoms with E-state index in [0.29, 0.717) is 23.3 Å². The second-order valence-corrected chi connectivity index (χ2v) is 7.46. The normalized spacial score (nSPS) is 16.2. The Balaban J connectivity index is 1.44. The summed E-state index contributed by atoms with van der Waals surface area (Å²) in [5.74, 6) is 1.32. The van der Waals surface area contributed by atoms with Gasteiger partial charge in [0.1, 0.15) is 12.0 Å². The highest BCUT2D eigenvalue weighted by molar-refractivity contribution is 5.92. The molecule has 1 fully saturated rings. The minimum Gasteiger partial charge on any atom is -0.394 e. The van der Waals surface area contributed by atoms with E-state index in [1.165, 1.54) is 0 Å². The van der Waals surface area contributed by atoms with Crippen molar-refractivity contribution in [3.63, 3.8) is 0 Å². The molecule has 4 heterocycles. The number of benzene rings is 1. The molecule has 158 valence electrons. The summed E-state index contributed by atoms with van der Waals surface area (Å²) in [6, 6.07) is 10.8. The molecule has 0 saturated carbocycles. The highest BCUT2D eigenvalue weighted by atomic mass is 16.3. The monoisotopic (exact) mass is 418 g/mol. The SMILES string of the molecule is NC(=O)c1ccc(-n2cnc(Nc3nc(N4CCC[C@H]4CO)nc4cccn34)c2)cc1. The largest absolute Gasteiger partial charge is 0.394 e. The predicted molar refractivity (Wildman–Crippen MR) is 116 cm³/mol. The number of carbonyl (C=O) groups excluding carboxylic acids is 1. The molecule has 1 amide bonds. The average Bonchev–Trinajstić information content (AvgIpc) is 3.53. The maximum atomic E-state index is 11.3. The molecule has 3 aromatic heterocycles. The van der Waals surface area contributed by atoms with Crippen LogP contribution >= 0.6 is 0 Å². The van der Waals surface area contributed by atoms with Crippen LogP contribution in [0.25, 0.3) is 11.3 Å². The zero-order chi connectivity index (χ0) is 21.4. The van der Waals surface area contributed by atoms with Gasteiger partial charge in [-0.25, -0.2) is 4.98 Å². The molecule has 0 aliphatic carbocycles. The van der Waals surface area contributed by atoms with Crippen LogP contribution in [0.5, 0.6) is 0 Å². The third kappa shape index (κ3) is 3.57. The third-order valence-corrected chi connectivity index (χ3v) is 5.49. The molecule has 1 saturated heterocycles. The minimum absolute atomic E-state index is 0.0350. The average molecular weight is 418 g/mol. The van der Waals surface area contributed by atoms with Gasteiger partial charge in [-0.2, -0.15) is 9.97 Å². The number of primary amides is 1. The number of aliphatic hydroxyl groups is 1. The van der Waals surface area contributed by atoms with Crippen LogP contribution in [0.3, 0.4) is 0 Å². The van der Waals surface area contributed by atoms with Crippen molar-refractivity contribution in [2.24, 2.45) is 5.73 Å². The molecule has 10 heteroatoms. The van der Waals surface area contributed by atoms with Gasteiger partial charge in [0.05, 0.1) is 18.8 Å². The van der Waals surface area contributed by atoms with Crippen molar-refractivity contribution < 1.29 is 9.90 Å². The summed E-state index contributed by atoms with van der Waals surface area (Å²) in [6.45, 7) is 0.898. The van der Waals surface area contributed by atoms with Crippen LogP contribution in [0.15, 0.2) is 55.1 Å². The Hall–Kier alpha value is -3.92. The number of anilines is 3. The van der Waals surface area contributed by atoms with Gasteiger partial charge >= 0.3 is 0 Å². The first kappa shape index (κ1) is 19.1. The number of aliphatic hydroxyl groups excluding tert-OH is 1. The number of rotatable bonds is 6. The third-order valence-electron chi connectivity index (χ3n) is 5.49. The van der Waals surface area contributed by atoms with Crippen LogP contribution in [0.1, 0.15) is 23.2 Å². The summed E-state index contributed by atoms with van der Waals surface area (Å²) < 4.78 is 3.69. The van der Waals surface area contributed by atoms with Gasteiger partial charge in [0.2, 0.25) is 17.8 Å². The van der Waals surface area contributed by atoms with E-state index in [0.717, 1.165) is 30.7 Å². The summed E-state index contributed by atoms with van der Waals surface area (Å²) in [5.41, 5.74) is 7.37. The molecule has 4 aromatic rings. The van der Waals surface area contributed by atoms with Crippen molar-refractivity contribution >= 4 is 29.3 Å². The van der Waals surface area contributed by atoms with Crippen molar-refractivity contribution in [2.75, 3.05) is 23.4 Å². The number of fused-ring (bicyclic) bond motifs is 1. The molecular weight excluding hydrogens is 396 g/mol. The topological polar surface area (TPSA) is 127 Å². The van der Waals surface area contributed by atoms with E-state index >= 15 is 0 Å². The number of nitrogens with one attached hydrogen (secondary N) is 1. The van der Waals surface area contributed by atoms with Gasteiger partial charge in [-0.15, -0.1) is 0 Å². The molecular formula is C21H22N8O2. The number of nitrogens with two attached hydrogens (primary N) is 1. The fourth-order valence-corrected chi connectivity index (χ4v) is 3.86. The maximum absolute atomic E-state index is 11.3. The number of aromatic nitrogens is 5. The molecule has 0 unspecified atom stereocenters. The van der Waals surface area contributed by atoms with Crippen molar-refractivity contribution in [3.8, 4) is 5.69 Å². The van der Waals surface area contributed by atoms with E-state index in [1.54, 1.807) is 30.6 Å². The van der Waals surface area contributed by atoms with E-state index < -0.39 is 5.91 Å². The summed E-state index contributed by atoms with van der Waals surface area (Å²) in [7, 11) is 0. The maximum Gasteiger partial charge on any atom is 0.248 e. The number of imidazole rings is 1. The number of carbonyl (C=O) groups is 1. The minimum atomic E-state index is -0.462. The van der Waals surface area contributed by atoms with Crippen LogP contribution < -0.4 is 16.0 Å². The quantitative estimate of drug-likeness (QED) is 0.435. The van der Waals surface area contributed by atoms with Crippen molar-refractivity contribution in [3.05, 3.63) is 60.7 Å². The standard InChI is InChI=1S/C21H22N8O2/c22-19(31)14-5-7-15(8-6-14)27-11-17(23-13-27)24-20-26-21(25-18-4-2-10-29(18)20)28-9-1-3-16(28)12-30/h2,4-8,10-11,13,16,30H,1,3,9,12H2,(H2,22,31)(H,24,25,26)/t16-/m0/s1. The number of hydrogen-bond acceptors (Lipinski definition) is 7. The highest BCUT2D eigenvalue weighted by Gasteiger charge is 2.27. The molecule has 1 aromatic carbocycles. The first-order valence-corrected chi connectivity index (χ1v) is 10.1. The smallest absolute Gasteiger partial charge is 0.248 e. The highest BCUT2D eigenvalue weighted by Crippen LogP contribution is 2.25. The first-order valence-electron chi connectivity index (χ1n) is 10.1. The van der Waals surface area contributed by atoms with Gasteiger partial charge in [0, 0.05) is 24.0 Å². The molecule has 1 aliphatic rings. The molecule has 5 rings (SSSR count). The molecule has 0 bridgehead atoms. The lowest BCUT2D eigenvalue weighted by Gasteiger charge is -2.23. The van der Waals surface area contributed by atoms with Crippen molar-refractivity contribution in [1.82, 2.24) is 23.9 Å². The van der Waals surface area contributed by atoms with Gasteiger partial charge in [0.15, 0.2) is 5.82 Å². The first-order chi connectivity index (χ1) is 15.1. The Kier molecular flexibility index (Phi) is 4.75. The molecule has 10 nitrogen and oxygen atoms in total. The Bertz CT molecular complexity index is 1230. The second-order valence-electron chi connectivity index (χ2n) is 7.46. The summed E-state index contributed by atoms with van der Waals surface area (Å²) in [4.78, 5) is 27.1.